The SMILES string of the molecule is CCc1ccc(C(C)C(CN)N2CCOCC2)cc1. The number of hydrogen-bond acceptors (Lipinski definition) is 3. The summed E-state index contributed by atoms with van der Waals surface area (Å²) in [5, 5.41) is 0. The fourth-order valence-electron chi connectivity index (χ4n) is 2.86. The summed E-state index contributed by atoms with van der Waals surface area (Å²) in [6, 6.07) is 9.40. The van der Waals surface area contributed by atoms with Gasteiger partial charge in [-0.15, -0.1) is 0 Å². The van der Waals surface area contributed by atoms with Gasteiger partial charge in [-0.05, 0) is 23.5 Å². The van der Waals surface area contributed by atoms with Crippen molar-refractivity contribution in [2.75, 3.05) is 32.8 Å². The molecule has 0 radical (unpaired) electrons. The lowest BCUT2D eigenvalue weighted by Gasteiger charge is -2.37. The monoisotopic (exact) mass is 262 g/mol. The summed E-state index contributed by atoms with van der Waals surface area (Å²) in [7, 11) is 0. The highest BCUT2D eigenvalue weighted by molar-refractivity contribution is 5.26. The summed E-state index contributed by atoms with van der Waals surface area (Å²) >= 11 is 0. The lowest BCUT2D eigenvalue weighted by atomic mass is 9.91. The van der Waals surface area contributed by atoms with Crippen molar-refractivity contribution >= 4 is 0 Å². The first-order chi connectivity index (χ1) is 9.26. The fraction of sp³-hybridized carbons (Fsp3) is 0.625. The molecule has 0 aliphatic carbocycles. The van der Waals surface area contributed by atoms with E-state index in [9.17, 15) is 0 Å². The Morgan fingerprint density at radius 2 is 1.84 bits per heavy atom. The molecule has 0 bridgehead atoms. The highest BCUT2D eigenvalue weighted by Crippen LogP contribution is 2.24. The van der Waals surface area contributed by atoms with Crippen LogP contribution in [0, 0.1) is 0 Å². The van der Waals surface area contributed by atoms with Gasteiger partial charge in [0.05, 0.1) is 13.2 Å². The van der Waals surface area contributed by atoms with E-state index in [4.69, 9.17) is 10.5 Å². The van der Waals surface area contributed by atoms with E-state index in [0.29, 0.717) is 18.5 Å². The van der Waals surface area contributed by atoms with E-state index in [1.54, 1.807) is 0 Å². The third kappa shape index (κ3) is 3.56. The van der Waals surface area contributed by atoms with E-state index in [1.165, 1.54) is 11.1 Å². The van der Waals surface area contributed by atoms with E-state index >= 15 is 0 Å². The summed E-state index contributed by atoms with van der Waals surface area (Å²) in [4.78, 5) is 2.47. The summed E-state index contributed by atoms with van der Waals surface area (Å²) in [5.41, 5.74) is 8.80. The predicted octanol–water partition coefficient (Wildman–Crippen LogP) is 2.01. The maximum Gasteiger partial charge on any atom is 0.0594 e. The number of nitrogens with zero attached hydrogens (tertiary/aromatic N) is 1. The Morgan fingerprint density at radius 1 is 1.21 bits per heavy atom. The van der Waals surface area contributed by atoms with E-state index < -0.39 is 0 Å². The summed E-state index contributed by atoms with van der Waals surface area (Å²) < 4.78 is 5.43. The molecule has 2 unspecified atom stereocenters. The normalized spacial score (nSPS) is 20.2. The molecule has 2 N–H and O–H groups in total. The fourth-order valence-corrected chi connectivity index (χ4v) is 2.86. The topological polar surface area (TPSA) is 38.5 Å². The molecule has 0 saturated carbocycles. The minimum absolute atomic E-state index is 0.413. The first-order valence-electron chi connectivity index (χ1n) is 7.37. The average molecular weight is 262 g/mol. The number of hydrogen-bond donors (Lipinski definition) is 1. The zero-order valence-electron chi connectivity index (χ0n) is 12.1. The highest BCUT2D eigenvalue weighted by atomic mass is 16.5. The van der Waals surface area contributed by atoms with Crippen molar-refractivity contribution in [2.45, 2.75) is 32.2 Å². The van der Waals surface area contributed by atoms with E-state index in [0.717, 1.165) is 32.7 Å². The van der Waals surface area contributed by atoms with Gasteiger partial charge in [-0.1, -0.05) is 38.1 Å². The molecule has 1 saturated heterocycles. The van der Waals surface area contributed by atoms with E-state index in [-0.39, 0.29) is 0 Å². The molecule has 0 amide bonds. The number of benzene rings is 1. The number of rotatable bonds is 5. The molecule has 2 atom stereocenters. The molecule has 1 fully saturated rings. The van der Waals surface area contributed by atoms with Crippen molar-refractivity contribution in [3.8, 4) is 0 Å². The summed E-state index contributed by atoms with van der Waals surface area (Å²) in [6.45, 7) is 8.84. The van der Waals surface area contributed by atoms with Crippen LogP contribution in [0.15, 0.2) is 24.3 Å². The maximum atomic E-state index is 6.02. The first kappa shape index (κ1) is 14.5. The van der Waals surface area contributed by atoms with Gasteiger partial charge in [-0.25, -0.2) is 0 Å². The van der Waals surface area contributed by atoms with Gasteiger partial charge in [0.15, 0.2) is 0 Å². The Balaban J connectivity index is 2.07. The van der Waals surface area contributed by atoms with Gasteiger partial charge in [-0.2, -0.15) is 0 Å². The third-order valence-electron chi connectivity index (χ3n) is 4.25. The van der Waals surface area contributed by atoms with Gasteiger partial charge in [0, 0.05) is 25.7 Å². The van der Waals surface area contributed by atoms with Crippen LogP contribution >= 0.6 is 0 Å². The van der Waals surface area contributed by atoms with Crippen molar-refractivity contribution < 1.29 is 4.74 Å². The molecule has 3 heteroatoms. The number of nitrogens with two attached hydrogens (primary N) is 1. The third-order valence-corrected chi connectivity index (χ3v) is 4.25. The van der Waals surface area contributed by atoms with Gasteiger partial charge >= 0.3 is 0 Å². The maximum absolute atomic E-state index is 6.02. The van der Waals surface area contributed by atoms with Crippen molar-refractivity contribution in [3.63, 3.8) is 0 Å². The Hall–Kier alpha value is -0.900. The zero-order chi connectivity index (χ0) is 13.7. The van der Waals surface area contributed by atoms with Crippen LogP contribution in [0.2, 0.25) is 0 Å². The molecule has 1 aromatic rings. The second-order valence-electron chi connectivity index (χ2n) is 5.34. The summed E-state index contributed by atoms with van der Waals surface area (Å²) in [5.74, 6) is 0.467. The van der Waals surface area contributed by atoms with Crippen LogP contribution in [0.3, 0.4) is 0 Å². The Labute approximate surface area is 116 Å². The standard InChI is InChI=1S/C16H26N2O/c1-3-14-4-6-15(7-5-14)13(2)16(12-17)18-8-10-19-11-9-18/h4-7,13,16H,3,8-12,17H2,1-2H3. The number of morpholine rings is 1. The Morgan fingerprint density at radius 3 is 2.37 bits per heavy atom. The smallest absolute Gasteiger partial charge is 0.0594 e. The van der Waals surface area contributed by atoms with Gasteiger partial charge in [0.1, 0.15) is 0 Å². The molecule has 19 heavy (non-hydrogen) atoms. The van der Waals surface area contributed by atoms with Gasteiger partial charge in [0.25, 0.3) is 0 Å². The lowest BCUT2D eigenvalue weighted by molar-refractivity contribution is 0.0137. The minimum Gasteiger partial charge on any atom is -0.379 e. The quantitative estimate of drug-likeness (QED) is 0.882. The average Bonchev–Trinajstić information content (AvgIpc) is 2.49. The Kier molecular flexibility index (Phi) is 5.37. The molecule has 1 aliphatic heterocycles. The van der Waals surface area contributed by atoms with Crippen LogP contribution in [0.25, 0.3) is 0 Å². The van der Waals surface area contributed by atoms with Crippen molar-refractivity contribution in [3.05, 3.63) is 35.4 Å². The molecule has 106 valence electrons. The second kappa shape index (κ2) is 7.04. The molecule has 1 heterocycles. The minimum atomic E-state index is 0.413. The molecule has 1 aliphatic rings. The Bertz CT molecular complexity index is 371. The number of aryl methyl sites for hydroxylation is 1. The predicted molar refractivity (Wildman–Crippen MR) is 79.5 cm³/mol. The van der Waals surface area contributed by atoms with Crippen LogP contribution in [0.1, 0.15) is 30.9 Å². The molecular weight excluding hydrogens is 236 g/mol. The van der Waals surface area contributed by atoms with Crippen LogP contribution < -0.4 is 5.73 Å². The van der Waals surface area contributed by atoms with Crippen molar-refractivity contribution in [2.24, 2.45) is 5.73 Å². The van der Waals surface area contributed by atoms with E-state index in [2.05, 4.69) is 43.0 Å². The van der Waals surface area contributed by atoms with Crippen molar-refractivity contribution in [1.29, 1.82) is 0 Å². The molecule has 0 spiro atoms. The largest absolute Gasteiger partial charge is 0.379 e. The summed E-state index contributed by atoms with van der Waals surface area (Å²) in [6.07, 6.45) is 1.10. The van der Waals surface area contributed by atoms with Crippen LogP contribution in [-0.4, -0.2) is 43.8 Å². The zero-order valence-corrected chi connectivity index (χ0v) is 12.1. The molecule has 2 rings (SSSR count). The molecule has 1 aromatic carbocycles. The van der Waals surface area contributed by atoms with Crippen molar-refractivity contribution in [1.82, 2.24) is 4.90 Å². The van der Waals surface area contributed by atoms with Crippen LogP contribution in [0.5, 0.6) is 0 Å². The molecule has 0 aromatic heterocycles. The molecule has 3 nitrogen and oxygen atoms in total. The van der Waals surface area contributed by atoms with Crippen LogP contribution in [0.4, 0.5) is 0 Å². The first-order valence-corrected chi connectivity index (χ1v) is 7.37. The highest BCUT2D eigenvalue weighted by Gasteiger charge is 2.25. The van der Waals surface area contributed by atoms with Gasteiger partial charge < -0.3 is 10.5 Å². The molecular formula is C16H26N2O. The van der Waals surface area contributed by atoms with E-state index in [1.807, 2.05) is 0 Å². The van der Waals surface area contributed by atoms with Gasteiger partial charge in [0.2, 0.25) is 0 Å². The number of ether oxygens (including phenoxy) is 1. The lowest BCUT2D eigenvalue weighted by Crippen LogP contribution is -2.49. The second-order valence-corrected chi connectivity index (χ2v) is 5.34. The van der Waals surface area contributed by atoms with Crippen LogP contribution in [-0.2, 0) is 11.2 Å². The van der Waals surface area contributed by atoms with Gasteiger partial charge in [-0.3, -0.25) is 4.90 Å².